The van der Waals surface area contributed by atoms with E-state index in [1.165, 1.54) is 0 Å². The van der Waals surface area contributed by atoms with Crippen LogP contribution in [0.3, 0.4) is 0 Å². The molecule has 0 fully saturated rings. The molecular weight excluding hydrogens is 146 g/mol. The molecular formula is C6H9N3S. The van der Waals surface area contributed by atoms with E-state index < -0.39 is 0 Å². The van der Waals surface area contributed by atoms with Gasteiger partial charge in [-0.05, 0) is 6.92 Å². The predicted molar refractivity (Wildman–Crippen MR) is 45.1 cm³/mol. The van der Waals surface area contributed by atoms with Gasteiger partial charge in [0, 0.05) is 13.2 Å². The van der Waals surface area contributed by atoms with Crippen LogP contribution in [0.5, 0.6) is 0 Å². The fraction of sp³-hybridized carbons (Fsp3) is 0.333. The van der Waals surface area contributed by atoms with Crippen molar-refractivity contribution in [2.45, 2.75) is 6.92 Å². The summed E-state index contributed by atoms with van der Waals surface area (Å²) in [6.45, 7) is 1.82. The van der Waals surface area contributed by atoms with E-state index in [0.29, 0.717) is 0 Å². The van der Waals surface area contributed by atoms with E-state index in [1.807, 2.05) is 24.7 Å². The fourth-order valence-corrected chi connectivity index (χ4v) is 0.762. The van der Waals surface area contributed by atoms with Gasteiger partial charge in [-0.2, -0.15) is 0 Å². The van der Waals surface area contributed by atoms with E-state index in [-0.39, 0.29) is 0 Å². The first-order valence-electron chi connectivity index (χ1n) is 2.94. The maximum Gasteiger partial charge on any atom is 0.148 e. The summed E-state index contributed by atoms with van der Waals surface area (Å²) in [6.07, 6.45) is 3.59. The van der Waals surface area contributed by atoms with Gasteiger partial charge in [0.25, 0.3) is 0 Å². The molecule has 3 nitrogen and oxygen atoms in total. The van der Waals surface area contributed by atoms with Gasteiger partial charge in [0.05, 0.1) is 11.3 Å². The summed E-state index contributed by atoms with van der Waals surface area (Å²) in [5.74, 6) is 0.801. The van der Waals surface area contributed by atoms with Gasteiger partial charge in [-0.1, -0.05) is 12.2 Å². The SMILES string of the molecule is CC(=S)Nc1cn(C)cn1. The van der Waals surface area contributed by atoms with Gasteiger partial charge < -0.3 is 9.88 Å². The number of rotatable bonds is 1. The summed E-state index contributed by atoms with van der Waals surface area (Å²) in [5.41, 5.74) is 0. The molecule has 4 heteroatoms. The first-order chi connectivity index (χ1) is 4.68. The maximum absolute atomic E-state index is 4.83. The standard InChI is InChI=1S/C6H9N3S/c1-5(10)8-6-3-9(2)4-7-6/h3-4H,1-2H3,(H,8,10). The summed E-state index contributed by atoms with van der Waals surface area (Å²) in [5, 5.41) is 2.93. The minimum Gasteiger partial charge on any atom is -0.338 e. The number of nitrogens with one attached hydrogen (secondary N) is 1. The van der Waals surface area contributed by atoms with Crippen LogP contribution in [0, 0.1) is 0 Å². The Bertz CT molecular complexity index is 241. The van der Waals surface area contributed by atoms with Crippen molar-refractivity contribution in [3.63, 3.8) is 0 Å². The summed E-state index contributed by atoms with van der Waals surface area (Å²) in [7, 11) is 1.91. The number of imidazole rings is 1. The minimum absolute atomic E-state index is 0.735. The van der Waals surface area contributed by atoms with Crippen LogP contribution in [0.25, 0.3) is 0 Å². The second-order valence-electron chi connectivity index (χ2n) is 2.11. The molecule has 0 spiro atoms. The molecule has 0 saturated carbocycles. The number of anilines is 1. The van der Waals surface area contributed by atoms with Crippen molar-refractivity contribution in [3.05, 3.63) is 12.5 Å². The van der Waals surface area contributed by atoms with Crippen molar-refractivity contribution < 1.29 is 0 Å². The molecule has 1 N–H and O–H groups in total. The first-order valence-corrected chi connectivity index (χ1v) is 3.35. The van der Waals surface area contributed by atoms with Gasteiger partial charge in [-0.25, -0.2) is 4.98 Å². The highest BCUT2D eigenvalue weighted by Crippen LogP contribution is 1.99. The van der Waals surface area contributed by atoms with Gasteiger partial charge in [-0.3, -0.25) is 0 Å². The molecule has 10 heavy (non-hydrogen) atoms. The van der Waals surface area contributed by atoms with Gasteiger partial charge in [0.2, 0.25) is 0 Å². The Morgan fingerprint density at radius 3 is 2.90 bits per heavy atom. The van der Waals surface area contributed by atoms with Crippen LogP contribution >= 0.6 is 12.2 Å². The predicted octanol–water partition coefficient (Wildman–Crippen LogP) is 1.18. The summed E-state index contributed by atoms with van der Waals surface area (Å²) >= 11 is 4.83. The second kappa shape index (κ2) is 2.79. The van der Waals surface area contributed by atoms with Gasteiger partial charge in [0.1, 0.15) is 5.82 Å². The largest absolute Gasteiger partial charge is 0.338 e. The van der Waals surface area contributed by atoms with Crippen LogP contribution in [0.15, 0.2) is 12.5 Å². The van der Waals surface area contributed by atoms with Crippen LogP contribution in [-0.2, 0) is 7.05 Å². The molecule has 0 amide bonds. The molecule has 0 bridgehead atoms. The molecule has 0 atom stereocenters. The van der Waals surface area contributed by atoms with E-state index in [4.69, 9.17) is 12.2 Å². The van der Waals surface area contributed by atoms with Crippen molar-refractivity contribution in [1.82, 2.24) is 9.55 Å². The third-order valence-corrected chi connectivity index (χ3v) is 1.11. The minimum atomic E-state index is 0.735. The van der Waals surface area contributed by atoms with Crippen molar-refractivity contribution in [1.29, 1.82) is 0 Å². The molecule has 1 aromatic heterocycles. The molecule has 0 radical (unpaired) electrons. The Morgan fingerprint density at radius 1 is 1.80 bits per heavy atom. The highest BCUT2D eigenvalue weighted by molar-refractivity contribution is 7.80. The van der Waals surface area contributed by atoms with E-state index in [2.05, 4.69) is 10.3 Å². The molecule has 0 aliphatic rings. The highest BCUT2D eigenvalue weighted by atomic mass is 32.1. The lowest BCUT2D eigenvalue weighted by molar-refractivity contribution is 0.913. The van der Waals surface area contributed by atoms with E-state index in [9.17, 15) is 0 Å². The number of nitrogens with zero attached hydrogens (tertiary/aromatic N) is 2. The van der Waals surface area contributed by atoms with Gasteiger partial charge >= 0.3 is 0 Å². The Balaban J connectivity index is 2.67. The molecule has 0 aliphatic heterocycles. The van der Waals surface area contributed by atoms with Gasteiger partial charge in [0.15, 0.2) is 0 Å². The summed E-state index contributed by atoms with van der Waals surface area (Å²) in [4.78, 5) is 4.76. The lowest BCUT2D eigenvalue weighted by atomic mass is 10.6. The highest BCUT2D eigenvalue weighted by Gasteiger charge is 1.93. The molecule has 54 valence electrons. The Hall–Kier alpha value is -0.900. The van der Waals surface area contributed by atoms with Crippen LogP contribution in [0.2, 0.25) is 0 Å². The van der Waals surface area contributed by atoms with Crippen molar-refractivity contribution >= 4 is 23.0 Å². The lowest BCUT2D eigenvalue weighted by Crippen LogP contribution is -2.02. The van der Waals surface area contributed by atoms with E-state index in [1.54, 1.807) is 6.33 Å². The second-order valence-corrected chi connectivity index (χ2v) is 2.72. The molecule has 1 aromatic rings. The van der Waals surface area contributed by atoms with Crippen molar-refractivity contribution in [2.24, 2.45) is 7.05 Å². The average molecular weight is 155 g/mol. The van der Waals surface area contributed by atoms with Crippen molar-refractivity contribution in [2.75, 3.05) is 5.32 Å². The normalized spacial score (nSPS) is 9.40. The Morgan fingerprint density at radius 2 is 2.50 bits per heavy atom. The molecule has 0 aromatic carbocycles. The molecule has 0 saturated heterocycles. The molecule has 0 unspecified atom stereocenters. The van der Waals surface area contributed by atoms with Crippen LogP contribution in [-0.4, -0.2) is 14.5 Å². The number of aromatic nitrogens is 2. The number of hydrogen-bond acceptors (Lipinski definition) is 2. The first kappa shape index (κ1) is 7.21. The van der Waals surface area contributed by atoms with Crippen LogP contribution < -0.4 is 5.32 Å². The van der Waals surface area contributed by atoms with Crippen LogP contribution in [0.4, 0.5) is 5.82 Å². The zero-order valence-electron chi connectivity index (χ0n) is 5.96. The zero-order valence-corrected chi connectivity index (χ0v) is 6.77. The van der Waals surface area contributed by atoms with E-state index in [0.717, 1.165) is 10.8 Å². The topological polar surface area (TPSA) is 29.9 Å². The number of hydrogen-bond donors (Lipinski definition) is 1. The monoisotopic (exact) mass is 155 g/mol. The lowest BCUT2D eigenvalue weighted by Gasteiger charge is -1.95. The number of aryl methyl sites for hydroxylation is 1. The quantitative estimate of drug-likeness (QED) is 0.618. The number of thiocarbonyl (C=S) groups is 1. The third kappa shape index (κ3) is 1.80. The van der Waals surface area contributed by atoms with Crippen molar-refractivity contribution in [3.8, 4) is 0 Å². The smallest absolute Gasteiger partial charge is 0.148 e. The summed E-state index contributed by atoms with van der Waals surface area (Å²) in [6, 6.07) is 0. The van der Waals surface area contributed by atoms with Gasteiger partial charge in [-0.15, -0.1) is 0 Å². The molecule has 1 heterocycles. The fourth-order valence-electron chi connectivity index (χ4n) is 0.658. The van der Waals surface area contributed by atoms with Crippen LogP contribution in [0.1, 0.15) is 6.92 Å². The Kier molecular flexibility index (Phi) is 2.01. The zero-order chi connectivity index (χ0) is 7.56. The maximum atomic E-state index is 4.83. The Labute approximate surface area is 65.1 Å². The average Bonchev–Trinajstić information content (AvgIpc) is 2.13. The molecule has 0 aliphatic carbocycles. The third-order valence-electron chi connectivity index (χ3n) is 1.01. The molecule has 1 rings (SSSR count). The van der Waals surface area contributed by atoms with E-state index >= 15 is 0 Å². The summed E-state index contributed by atoms with van der Waals surface area (Å²) < 4.78 is 1.86.